The van der Waals surface area contributed by atoms with E-state index in [1.54, 1.807) is 0 Å². The van der Waals surface area contributed by atoms with Crippen molar-refractivity contribution in [2.24, 2.45) is 0 Å². The average molecular weight is 363 g/mol. The van der Waals surface area contributed by atoms with Crippen molar-refractivity contribution in [3.05, 3.63) is 39.4 Å². The second-order valence-electron chi connectivity index (χ2n) is 4.05. The van der Waals surface area contributed by atoms with Crippen molar-refractivity contribution >= 4 is 28.0 Å². The van der Waals surface area contributed by atoms with Gasteiger partial charge in [-0.3, -0.25) is 0 Å². The first-order valence-corrected chi connectivity index (χ1v) is 6.43. The summed E-state index contributed by atoms with van der Waals surface area (Å²) in [6.45, 7) is 1.89. The Hall–Kier alpha value is -1.85. The van der Waals surface area contributed by atoms with Crippen LogP contribution in [0.3, 0.4) is 0 Å². The molecule has 1 aliphatic heterocycles. The number of nitrogens with one attached hydrogen (secondary N) is 1. The Labute approximate surface area is 127 Å². The van der Waals surface area contributed by atoms with Gasteiger partial charge < -0.3 is 10.4 Å². The summed E-state index contributed by atoms with van der Waals surface area (Å²) in [7, 11) is 0. The largest absolute Gasteiger partial charge is 0.490 e. The zero-order valence-corrected chi connectivity index (χ0v) is 12.1. The topological polar surface area (TPSA) is 73.1 Å². The number of carbonyl (C=O) groups is 1. The van der Waals surface area contributed by atoms with Crippen LogP contribution in [0.5, 0.6) is 0 Å². The lowest BCUT2D eigenvalue weighted by atomic mass is 10.0. The van der Waals surface area contributed by atoms with Gasteiger partial charge in [-0.1, -0.05) is 28.1 Å². The maximum absolute atomic E-state index is 10.6. The molecule has 0 amide bonds. The summed E-state index contributed by atoms with van der Waals surface area (Å²) in [6.07, 6.45) is -3.00. The van der Waals surface area contributed by atoms with E-state index in [9.17, 15) is 13.2 Å². The fraction of sp³-hybridized carbons (Fsp3) is 0.231. The van der Waals surface area contributed by atoms with Crippen LogP contribution in [-0.4, -0.2) is 30.3 Å². The van der Waals surface area contributed by atoms with Gasteiger partial charge in [0.05, 0.1) is 11.6 Å². The highest BCUT2D eigenvalue weighted by molar-refractivity contribution is 9.10. The van der Waals surface area contributed by atoms with E-state index in [4.69, 9.17) is 15.2 Å². The third-order valence-corrected chi connectivity index (χ3v) is 2.94. The smallest absolute Gasteiger partial charge is 0.475 e. The molecule has 1 aliphatic rings. The van der Waals surface area contributed by atoms with Crippen LogP contribution < -0.4 is 5.32 Å². The van der Waals surface area contributed by atoms with Gasteiger partial charge in [0.25, 0.3) is 0 Å². The predicted molar refractivity (Wildman–Crippen MR) is 73.4 cm³/mol. The quantitative estimate of drug-likeness (QED) is 0.805. The minimum Gasteiger partial charge on any atom is -0.475 e. The molecule has 21 heavy (non-hydrogen) atoms. The molecule has 0 saturated carbocycles. The van der Waals surface area contributed by atoms with Gasteiger partial charge in [0.15, 0.2) is 0 Å². The molecule has 2 rings (SSSR count). The van der Waals surface area contributed by atoms with Gasteiger partial charge in [0.1, 0.15) is 0 Å². The lowest BCUT2D eigenvalue weighted by Crippen LogP contribution is -2.33. The van der Waals surface area contributed by atoms with Crippen LogP contribution in [0.2, 0.25) is 0 Å². The Morgan fingerprint density at radius 3 is 2.38 bits per heavy atom. The maximum atomic E-state index is 10.6. The summed E-state index contributed by atoms with van der Waals surface area (Å²) in [5.74, 6) is -2.76. The molecular formula is C13H10BrF3N2O2. The van der Waals surface area contributed by atoms with Gasteiger partial charge in [0, 0.05) is 17.6 Å². The van der Waals surface area contributed by atoms with Crippen molar-refractivity contribution in [3.63, 3.8) is 0 Å². The van der Waals surface area contributed by atoms with Crippen LogP contribution in [0.15, 0.2) is 28.2 Å². The van der Waals surface area contributed by atoms with E-state index >= 15 is 0 Å². The fourth-order valence-electron chi connectivity index (χ4n) is 1.34. The Bertz CT molecular complexity index is 600. The Morgan fingerprint density at radius 2 is 2.00 bits per heavy atom. The van der Waals surface area contributed by atoms with Gasteiger partial charge in [-0.2, -0.15) is 18.4 Å². The fourth-order valence-corrected chi connectivity index (χ4v) is 1.70. The lowest BCUT2D eigenvalue weighted by Gasteiger charge is -2.18. The van der Waals surface area contributed by atoms with Crippen LogP contribution in [0.4, 0.5) is 13.2 Å². The van der Waals surface area contributed by atoms with Crippen molar-refractivity contribution in [2.75, 3.05) is 13.1 Å². The minimum atomic E-state index is -5.08. The van der Waals surface area contributed by atoms with Crippen molar-refractivity contribution in [1.82, 2.24) is 5.32 Å². The molecule has 1 heterocycles. The summed E-state index contributed by atoms with van der Waals surface area (Å²) in [5, 5.41) is 19.2. The van der Waals surface area contributed by atoms with E-state index in [2.05, 4.69) is 33.4 Å². The monoisotopic (exact) mass is 362 g/mol. The number of benzene rings is 1. The molecule has 112 valence electrons. The zero-order chi connectivity index (χ0) is 16.0. The van der Waals surface area contributed by atoms with Gasteiger partial charge in [0.2, 0.25) is 0 Å². The van der Waals surface area contributed by atoms with Gasteiger partial charge in [-0.15, -0.1) is 0 Å². The third-order valence-electron chi connectivity index (χ3n) is 2.44. The highest BCUT2D eigenvalue weighted by Gasteiger charge is 2.38. The van der Waals surface area contributed by atoms with Crippen molar-refractivity contribution in [1.29, 1.82) is 5.26 Å². The number of nitriles is 1. The number of halogens is 4. The van der Waals surface area contributed by atoms with Gasteiger partial charge in [-0.25, -0.2) is 4.79 Å². The molecule has 0 aliphatic carbocycles. The second-order valence-corrected chi connectivity index (χ2v) is 4.97. The molecular weight excluding hydrogens is 353 g/mol. The van der Waals surface area contributed by atoms with E-state index < -0.39 is 12.1 Å². The third kappa shape index (κ3) is 5.57. The standard InChI is InChI=1S/C11H9BrN2.C2HF3O2/c12-11-2-1-9(10(4-11)5-13)3-8-6-14-7-8;3-2(4,5)1(6)7/h1-4,14H,6-7H2;(H,6,7). The maximum Gasteiger partial charge on any atom is 0.490 e. The Balaban J connectivity index is 0.000000270. The molecule has 0 bridgehead atoms. The van der Waals surface area contributed by atoms with E-state index in [0.717, 1.165) is 28.7 Å². The molecule has 0 unspecified atom stereocenters. The number of carboxylic acid groups (broad SMARTS) is 1. The van der Waals surface area contributed by atoms with E-state index in [0.29, 0.717) is 0 Å². The number of hydrogen-bond acceptors (Lipinski definition) is 3. The lowest BCUT2D eigenvalue weighted by molar-refractivity contribution is -0.192. The minimum absolute atomic E-state index is 0.721. The van der Waals surface area contributed by atoms with E-state index in [1.165, 1.54) is 5.57 Å². The highest BCUT2D eigenvalue weighted by Crippen LogP contribution is 2.19. The molecule has 0 radical (unpaired) electrons. The van der Waals surface area contributed by atoms with Crippen LogP contribution in [0.25, 0.3) is 6.08 Å². The first-order valence-electron chi connectivity index (χ1n) is 5.64. The molecule has 2 N–H and O–H groups in total. The van der Waals surface area contributed by atoms with Crippen molar-refractivity contribution in [2.45, 2.75) is 6.18 Å². The summed E-state index contributed by atoms with van der Waals surface area (Å²) in [5.41, 5.74) is 3.08. The number of alkyl halides is 3. The molecule has 0 atom stereocenters. The average Bonchev–Trinajstić information content (AvgIpc) is 2.34. The first-order chi connectivity index (χ1) is 9.74. The summed E-state index contributed by atoms with van der Waals surface area (Å²) in [4.78, 5) is 8.90. The number of aliphatic carboxylic acids is 1. The summed E-state index contributed by atoms with van der Waals surface area (Å²) < 4.78 is 32.7. The zero-order valence-electron chi connectivity index (χ0n) is 10.5. The summed E-state index contributed by atoms with van der Waals surface area (Å²) in [6, 6.07) is 7.96. The van der Waals surface area contributed by atoms with Crippen molar-refractivity contribution in [3.8, 4) is 6.07 Å². The Kier molecular flexibility index (Phi) is 5.93. The SMILES string of the molecule is N#Cc1cc(Br)ccc1C=C1CNC1.O=C(O)C(F)(F)F. The van der Waals surface area contributed by atoms with E-state index in [1.807, 2.05) is 18.2 Å². The molecule has 1 aromatic rings. The molecule has 0 aromatic heterocycles. The number of rotatable bonds is 1. The van der Waals surface area contributed by atoms with Crippen molar-refractivity contribution < 1.29 is 23.1 Å². The van der Waals surface area contributed by atoms with Crippen LogP contribution >= 0.6 is 15.9 Å². The second kappa shape index (κ2) is 7.24. The first kappa shape index (κ1) is 17.2. The van der Waals surface area contributed by atoms with Crippen LogP contribution in [0.1, 0.15) is 11.1 Å². The van der Waals surface area contributed by atoms with Gasteiger partial charge in [-0.05, 0) is 23.3 Å². The predicted octanol–water partition coefficient (Wildman–Crippen LogP) is 2.94. The number of carboxylic acids is 1. The molecule has 0 spiro atoms. The highest BCUT2D eigenvalue weighted by atomic mass is 79.9. The molecule has 1 saturated heterocycles. The summed E-state index contributed by atoms with van der Waals surface area (Å²) >= 11 is 3.35. The van der Waals surface area contributed by atoms with Crippen LogP contribution in [0, 0.1) is 11.3 Å². The van der Waals surface area contributed by atoms with Gasteiger partial charge >= 0.3 is 12.1 Å². The Morgan fingerprint density at radius 1 is 1.43 bits per heavy atom. The normalized spacial score (nSPS) is 13.4. The molecule has 1 aromatic carbocycles. The molecule has 4 nitrogen and oxygen atoms in total. The number of hydrogen-bond donors (Lipinski definition) is 2. The molecule has 8 heteroatoms. The van der Waals surface area contributed by atoms with E-state index in [-0.39, 0.29) is 0 Å². The number of nitrogens with zero attached hydrogens (tertiary/aromatic N) is 1. The molecule has 1 fully saturated rings. The van der Waals surface area contributed by atoms with Crippen LogP contribution in [-0.2, 0) is 4.79 Å².